The Morgan fingerprint density at radius 1 is 1.06 bits per heavy atom. The first-order valence-electron chi connectivity index (χ1n) is 10.4. The topological polar surface area (TPSA) is 17.8 Å². The van der Waals surface area contributed by atoms with Crippen LogP contribution in [0.15, 0.2) is 71.8 Å². The van der Waals surface area contributed by atoms with E-state index in [0.29, 0.717) is 45.2 Å². The lowest BCUT2D eigenvalue weighted by molar-refractivity contribution is 0.473. The Balaban J connectivity index is 1.75. The van der Waals surface area contributed by atoms with Crippen LogP contribution in [0.25, 0.3) is 0 Å². The lowest BCUT2D eigenvalue weighted by Crippen LogP contribution is -2.27. The van der Waals surface area contributed by atoms with E-state index in [2.05, 4.69) is 11.5 Å². The molecule has 0 aliphatic carbocycles. The summed E-state index contributed by atoms with van der Waals surface area (Å²) in [6.45, 7) is 2.63. The van der Waals surface area contributed by atoms with Crippen LogP contribution in [0.5, 0.6) is 0 Å². The molecule has 0 amide bonds. The van der Waals surface area contributed by atoms with Crippen LogP contribution in [0, 0.1) is 0 Å². The summed E-state index contributed by atoms with van der Waals surface area (Å²) in [5, 5.41) is 3.05. The fraction of sp³-hybridized carbons (Fsp3) is 0.240. The van der Waals surface area contributed by atoms with Gasteiger partial charge in [-0.1, -0.05) is 76.4 Å². The molecule has 3 aromatic rings. The molecular weight excluding hydrogens is 521 g/mol. The van der Waals surface area contributed by atoms with Crippen molar-refractivity contribution >= 4 is 58.2 Å². The highest BCUT2D eigenvalue weighted by atomic mass is 35.5. The molecule has 8 heteroatoms. The molecule has 1 aromatic heterocycles. The Morgan fingerprint density at radius 2 is 1.88 bits per heavy atom. The molecule has 1 unspecified atom stereocenters. The summed E-state index contributed by atoms with van der Waals surface area (Å²) in [6.07, 6.45) is 8.11. The molecule has 0 spiro atoms. The second-order valence-corrected chi connectivity index (χ2v) is 10.7. The van der Waals surface area contributed by atoms with Crippen LogP contribution in [0.4, 0.5) is 4.39 Å². The van der Waals surface area contributed by atoms with E-state index in [-0.39, 0.29) is 5.83 Å². The van der Waals surface area contributed by atoms with Gasteiger partial charge in [-0.15, -0.1) is 0 Å². The maximum absolute atomic E-state index is 14.2. The van der Waals surface area contributed by atoms with Gasteiger partial charge < -0.3 is 4.57 Å². The Hall–Kier alpha value is -1.43. The molecular formula is C25H21Cl4FN2S. The van der Waals surface area contributed by atoms with Crippen molar-refractivity contribution in [1.29, 1.82) is 0 Å². The zero-order chi connectivity index (χ0) is 23.6. The maximum atomic E-state index is 14.2. The molecule has 33 heavy (non-hydrogen) atoms. The average molecular weight is 542 g/mol. The molecule has 0 radical (unpaired) electrons. The molecule has 0 N–H and O–H groups in total. The second-order valence-electron chi connectivity index (χ2n) is 8.05. The fourth-order valence-corrected chi connectivity index (χ4v) is 5.81. The van der Waals surface area contributed by atoms with Gasteiger partial charge in [0.15, 0.2) is 5.16 Å². The second kappa shape index (κ2) is 10.5. The minimum Gasteiger partial charge on any atom is -0.318 e. The molecule has 0 saturated heterocycles. The van der Waals surface area contributed by atoms with E-state index in [9.17, 15) is 4.39 Å². The standard InChI is InChI=1S/C25H21Cl4FN2S/c1-25(17-7-9-20(27)22(29)12-17)10-2-4-19(30)5-3-11-32-23(25)14-31-24(32)33-15-16-6-8-18(26)13-21(16)28/h3-9,12-14H,2,10-11,15H2,1H3/b5-3-,19-4+. The summed E-state index contributed by atoms with van der Waals surface area (Å²) in [4.78, 5) is 4.74. The number of allylic oxidation sites excluding steroid dienone is 4. The molecule has 172 valence electrons. The quantitative estimate of drug-likeness (QED) is 0.306. The van der Waals surface area contributed by atoms with E-state index in [1.165, 1.54) is 6.08 Å². The van der Waals surface area contributed by atoms with Crippen molar-refractivity contribution in [3.05, 3.63) is 104 Å². The first-order valence-corrected chi connectivity index (χ1v) is 12.9. The predicted octanol–water partition coefficient (Wildman–Crippen LogP) is 9.30. The van der Waals surface area contributed by atoms with E-state index in [1.54, 1.807) is 30.0 Å². The highest BCUT2D eigenvalue weighted by molar-refractivity contribution is 7.98. The Bertz CT molecular complexity index is 1240. The first kappa shape index (κ1) is 24.7. The average Bonchev–Trinajstić information content (AvgIpc) is 3.18. The number of fused-ring (bicyclic) bond motifs is 1. The van der Waals surface area contributed by atoms with Crippen molar-refractivity contribution in [2.75, 3.05) is 0 Å². The summed E-state index contributed by atoms with van der Waals surface area (Å²) < 4.78 is 16.4. The highest BCUT2D eigenvalue weighted by Crippen LogP contribution is 2.41. The van der Waals surface area contributed by atoms with Gasteiger partial charge in [-0.3, -0.25) is 0 Å². The van der Waals surface area contributed by atoms with Crippen molar-refractivity contribution in [1.82, 2.24) is 9.55 Å². The number of hydrogen-bond donors (Lipinski definition) is 0. The van der Waals surface area contributed by atoms with Gasteiger partial charge in [0.1, 0.15) is 5.83 Å². The zero-order valence-electron chi connectivity index (χ0n) is 17.8. The number of benzene rings is 2. The highest BCUT2D eigenvalue weighted by Gasteiger charge is 2.33. The molecule has 4 rings (SSSR count). The van der Waals surface area contributed by atoms with Gasteiger partial charge in [-0.05, 0) is 67.3 Å². The third kappa shape index (κ3) is 5.47. The van der Waals surface area contributed by atoms with E-state index in [4.69, 9.17) is 51.4 Å². The van der Waals surface area contributed by atoms with Crippen LogP contribution in [0.1, 0.15) is 36.6 Å². The van der Waals surface area contributed by atoms with Gasteiger partial charge in [-0.25, -0.2) is 9.37 Å². The van der Waals surface area contributed by atoms with E-state index < -0.39 is 5.41 Å². The summed E-state index contributed by atoms with van der Waals surface area (Å²) in [6, 6.07) is 11.2. The molecule has 2 aromatic carbocycles. The summed E-state index contributed by atoms with van der Waals surface area (Å²) >= 11 is 26.5. The van der Waals surface area contributed by atoms with Gasteiger partial charge in [0.05, 0.1) is 16.2 Å². The van der Waals surface area contributed by atoms with Gasteiger partial charge >= 0.3 is 0 Å². The molecule has 1 aliphatic rings. The van der Waals surface area contributed by atoms with Crippen LogP contribution >= 0.6 is 58.2 Å². The largest absolute Gasteiger partial charge is 0.318 e. The first-order chi connectivity index (χ1) is 15.8. The fourth-order valence-electron chi connectivity index (χ4n) is 3.97. The molecule has 2 heterocycles. The third-order valence-electron chi connectivity index (χ3n) is 5.86. The van der Waals surface area contributed by atoms with Crippen LogP contribution in [0.2, 0.25) is 20.1 Å². The van der Waals surface area contributed by atoms with E-state index >= 15 is 0 Å². The molecule has 0 saturated carbocycles. The monoisotopic (exact) mass is 540 g/mol. The van der Waals surface area contributed by atoms with Crippen molar-refractivity contribution in [2.45, 2.75) is 42.6 Å². The van der Waals surface area contributed by atoms with Gasteiger partial charge in [0.25, 0.3) is 0 Å². The normalized spacial score (nSPS) is 21.2. The van der Waals surface area contributed by atoms with Crippen molar-refractivity contribution in [3.8, 4) is 0 Å². The number of aromatic nitrogens is 2. The van der Waals surface area contributed by atoms with Crippen molar-refractivity contribution in [3.63, 3.8) is 0 Å². The van der Waals surface area contributed by atoms with Crippen molar-refractivity contribution < 1.29 is 4.39 Å². The number of rotatable bonds is 4. The van der Waals surface area contributed by atoms with E-state index in [1.807, 2.05) is 36.5 Å². The van der Waals surface area contributed by atoms with Crippen LogP contribution in [-0.2, 0) is 17.7 Å². The van der Waals surface area contributed by atoms with Gasteiger partial charge in [0, 0.05) is 33.5 Å². The molecule has 1 aliphatic heterocycles. The number of hydrogen-bond acceptors (Lipinski definition) is 2. The Morgan fingerprint density at radius 3 is 2.64 bits per heavy atom. The number of halogens is 5. The lowest BCUT2D eigenvalue weighted by Gasteiger charge is -2.32. The Labute approximate surface area is 217 Å². The maximum Gasteiger partial charge on any atom is 0.168 e. The predicted molar refractivity (Wildman–Crippen MR) is 139 cm³/mol. The summed E-state index contributed by atoms with van der Waals surface area (Å²) in [5.74, 6) is 0.394. The minimum atomic E-state index is -0.445. The van der Waals surface area contributed by atoms with Crippen molar-refractivity contribution in [2.24, 2.45) is 0 Å². The molecule has 2 nitrogen and oxygen atoms in total. The minimum absolute atomic E-state index is 0.239. The van der Waals surface area contributed by atoms with Gasteiger partial charge in [-0.2, -0.15) is 0 Å². The van der Waals surface area contributed by atoms with Crippen LogP contribution in [0.3, 0.4) is 0 Å². The van der Waals surface area contributed by atoms with E-state index in [0.717, 1.165) is 22.0 Å². The SMILES string of the molecule is CC1(c2ccc(Cl)c(Cl)c2)CC/C=C(F)\C=C/Cn2c1cnc2SCc1ccc(Cl)cc1Cl. The lowest BCUT2D eigenvalue weighted by atomic mass is 9.75. The summed E-state index contributed by atoms with van der Waals surface area (Å²) in [7, 11) is 0. The molecule has 0 fully saturated rings. The van der Waals surface area contributed by atoms with Crippen LogP contribution in [-0.4, -0.2) is 9.55 Å². The summed E-state index contributed by atoms with van der Waals surface area (Å²) in [5.41, 5.74) is 2.57. The van der Waals surface area contributed by atoms with Gasteiger partial charge in [0.2, 0.25) is 0 Å². The van der Waals surface area contributed by atoms with Crippen LogP contribution < -0.4 is 0 Å². The molecule has 1 atom stereocenters. The molecule has 0 bridgehead atoms. The zero-order valence-corrected chi connectivity index (χ0v) is 21.6. The smallest absolute Gasteiger partial charge is 0.168 e. The number of thioether (sulfide) groups is 1. The number of imidazole rings is 1. The third-order valence-corrected chi connectivity index (χ3v) is 8.23. The number of nitrogens with zero attached hydrogens (tertiary/aromatic N) is 2. The Kier molecular flexibility index (Phi) is 7.82.